The minimum atomic E-state index is -1.02. The van der Waals surface area contributed by atoms with Crippen molar-refractivity contribution < 1.29 is 18.8 Å². The first kappa shape index (κ1) is 18.2. The van der Waals surface area contributed by atoms with Gasteiger partial charge < -0.3 is 14.9 Å². The normalized spacial score (nSPS) is 10.7. The molecular formula is C19H11ClFN3O3. The molecule has 8 heteroatoms. The molecule has 1 aromatic heterocycles. The van der Waals surface area contributed by atoms with Crippen LogP contribution in [0.1, 0.15) is 21.7 Å². The minimum absolute atomic E-state index is 0.00339. The first-order valence-electron chi connectivity index (χ1n) is 7.62. The van der Waals surface area contributed by atoms with Gasteiger partial charge in [-0.05, 0) is 36.4 Å². The monoisotopic (exact) mass is 383 g/mol. The number of anilines is 1. The van der Waals surface area contributed by atoms with E-state index in [0.717, 1.165) is 0 Å². The number of halogens is 2. The Labute approximate surface area is 158 Å². The van der Waals surface area contributed by atoms with E-state index in [2.05, 4.69) is 10.5 Å². The number of aromatic nitrogens is 1. The van der Waals surface area contributed by atoms with Crippen molar-refractivity contribution in [2.45, 2.75) is 0 Å². The maximum atomic E-state index is 14.1. The highest BCUT2D eigenvalue weighted by atomic mass is 35.5. The van der Waals surface area contributed by atoms with Crippen LogP contribution < -0.4 is 5.32 Å². The van der Waals surface area contributed by atoms with Crippen LogP contribution in [0, 0.1) is 17.1 Å². The third-order valence-electron chi connectivity index (χ3n) is 3.65. The van der Waals surface area contributed by atoms with Gasteiger partial charge in [-0.1, -0.05) is 22.8 Å². The van der Waals surface area contributed by atoms with Gasteiger partial charge in [0.05, 0.1) is 16.1 Å². The molecule has 0 bridgehead atoms. The van der Waals surface area contributed by atoms with E-state index in [4.69, 9.17) is 21.2 Å². The third-order valence-corrected chi connectivity index (χ3v) is 3.96. The number of nitrogens with one attached hydrogen (secondary N) is 1. The van der Waals surface area contributed by atoms with Crippen LogP contribution in [0.2, 0.25) is 5.02 Å². The fraction of sp³-hybridized carbons (Fsp3) is 0. The standard InChI is InChI=1S/C19H11ClFN3O3/c20-14-2-1-3-15(21)17(14)18-13(10-22)16(27-24-18)8-9-23-12-6-4-11(5-7-12)19(25)26/h1-9,23H,(H,25,26). The van der Waals surface area contributed by atoms with E-state index in [9.17, 15) is 14.4 Å². The first-order chi connectivity index (χ1) is 13.0. The molecule has 2 aromatic carbocycles. The van der Waals surface area contributed by atoms with E-state index in [-0.39, 0.29) is 33.2 Å². The largest absolute Gasteiger partial charge is 0.478 e. The second kappa shape index (κ2) is 7.72. The van der Waals surface area contributed by atoms with Crippen molar-refractivity contribution in [3.8, 4) is 17.3 Å². The van der Waals surface area contributed by atoms with Crippen molar-refractivity contribution in [1.29, 1.82) is 5.26 Å². The summed E-state index contributed by atoms with van der Waals surface area (Å²) >= 11 is 6.02. The molecular weight excluding hydrogens is 373 g/mol. The SMILES string of the molecule is N#Cc1c(-c2c(F)cccc2Cl)noc1C=CNc1ccc(C(=O)O)cc1. The summed E-state index contributed by atoms with van der Waals surface area (Å²) in [5.41, 5.74) is 0.855. The molecule has 0 spiro atoms. The molecule has 0 fully saturated rings. The van der Waals surface area contributed by atoms with Gasteiger partial charge in [0.1, 0.15) is 23.1 Å². The smallest absolute Gasteiger partial charge is 0.335 e. The Morgan fingerprint density at radius 2 is 2.04 bits per heavy atom. The molecule has 3 rings (SSSR count). The highest BCUT2D eigenvalue weighted by Crippen LogP contribution is 2.33. The molecule has 0 aliphatic rings. The summed E-state index contributed by atoms with van der Waals surface area (Å²) in [5, 5.41) is 25.1. The maximum Gasteiger partial charge on any atom is 0.335 e. The number of hydrogen-bond donors (Lipinski definition) is 2. The number of carbonyl (C=O) groups is 1. The van der Waals surface area contributed by atoms with E-state index in [1.165, 1.54) is 42.6 Å². The topological polar surface area (TPSA) is 99.2 Å². The second-order valence-electron chi connectivity index (χ2n) is 5.34. The summed E-state index contributed by atoms with van der Waals surface area (Å²) in [7, 11) is 0. The second-order valence-corrected chi connectivity index (χ2v) is 5.75. The van der Waals surface area contributed by atoms with Crippen LogP contribution in [-0.2, 0) is 0 Å². The van der Waals surface area contributed by atoms with Crippen LogP contribution in [-0.4, -0.2) is 16.2 Å². The predicted octanol–water partition coefficient (Wildman–Crippen LogP) is 4.79. The molecule has 134 valence electrons. The van der Waals surface area contributed by atoms with E-state index in [0.29, 0.717) is 5.69 Å². The number of aromatic carboxylic acids is 1. The van der Waals surface area contributed by atoms with Gasteiger partial charge in [0.25, 0.3) is 0 Å². The zero-order valence-electron chi connectivity index (χ0n) is 13.6. The molecule has 0 saturated heterocycles. The van der Waals surface area contributed by atoms with Crippen LogP contribution in [0.4, 0.5) is 10.1 Å². The average molecular weight is 384 g/mol. The van der Waals surface area contributed by atoms with E-state index in [1.807, 2.05) is 6.07 Å². The molecule has 0 radical (unpaired) electrons. The van der Waals surface area contributed by atoms with E-state index >= 15 is 0 Å². The maximum absolute atomic E-state index is 14.1. The summed E-state index contributed by atoms with van der Waals surface area (Å²) in [4.78, 5) is 10.8. The van der Waals surface area contributed by atoms with E-state index in [1.54, 1.807) is 12.1 Å². The van der Waals surface area contributed by atoms with Crippen LogP contribution in [0.3, 0.4) is 0 Å². The summed E-state index contributed by atoms with van der Waals surface area (Å²) in [6.45, 7) is 0. The van der Waals surface area contributed by atoms with Gasteiger partial charge in [-0.25, -0.2) is 9.18 Å². The molecule has 1 heterocycles. The Bertz CT molecular complexity index is 1050. The number of nitrogens with zero attached hydrogens (tertiary/aromatic N) is 2. The van der Waals surface area contributed by atoms with Crippen molar-refractivity contribution >= 4 is 29.3 Å². The fourth-order valence-corrected chi connectivity index (χ4v) is 2.59. The molecule has 0 amide bonds. The molecule has 0 aliphatic heterocycles. The quantitative estimate of drug-likeness (QED) is 0.657. The van der Waals surface area contributed by atoms with Crippen molar-refractivity contribution in [3.05, 3.63) is 76.4 Å². The van der Waals surface area contributed by atoms with Crippen molar-refractivity contribution in [1.82, 2.24) is 5.16 Å². The lowest BCUT2D eigenvalue weighted by atomic mass is 10.1. The number of carboxylic acid groups (broad SMARTS) is 1. The van der Waals surface area contributed by atoms with Gasteiger partial charge in [0, 0.05) is 18.0 Å². The lowest BCUT2D eigenvalue weighted by Crippen LogP contribution is -1.96. The highest BCUT2D eigenvalue weighted by molar-refractivity contribution is 6.33. The molecule has 2 N–H and O–H groups in total. The van der Waals surface area contributed by atoms with Gasteiger partial charge in [-0.2, -0.15) is 5.26 Å². The molecule has 0 unspecified atom stereocenters. The van der Waals surface area contributed by atoms with Gasteiger partial charge in [0.15, 0.2) is 5.76 Å². The number of benzene rings is 2. The molecule has 0 aliphatic carbocycles. The Balaban J connectivity index is 1.84. The summed E-state index contributed by atoms with van der Waals surface area (Å²) < 4.78 is 19.2. The molecule has 27 heavy (non-hydrogen) atoms. The van der Waals surface area contributed by atoms with Gasteiger partial charge in [-0.15, -0.1) is 0 Å². The van der Waals surface area contributed by atoms with Crippen LogP contribution in [0.15, 0.2) is 53.2 Å². The molecule has 0 atom stereocenters. The lowest BCUT2D eigenvalue weighted by Gasteiger charge is -2.02. The Hall–Kier alpha value is -3.63. The third kappa shape index (κ3) is 3.81. The van der Waals surface area contributed by atoms with Crippen molar-refractivity contribution in [2.24, 2.45) is 0 Å². The zero-order chi connectivity index (χ0) is 19.4. The minimum Gasteiger partial charge on any atom is -0.478 e. The first-order valence-corrected chi connectivity index (χ1v) is 7.99. The van der Waals surface area contributed by atoms with Crippen molar-refractivity contribution in [3.63, 3.8) is 0 Å². The molecule has 6 nitrogen and oxygen atoms in total. The molecule has 3 aromatic rings. The summed E-state index contributed by atoms with van der Waals surface area (Å²) in [6.07, 6.45) is 2.94. The summed E-state index contributed by atoms with van der Waals surface area (Å²) in [6, 6.07) is 12.2. The lowest BCUT2D eigenvalue weighted by molar-refractivity contribution is 0.0697. The fourth-order valence-electron chi connectivity index (χ4n) is 2.34. The highest BCUT2D eigenvalue weighted by Gasteiger charge is 2.21. The predicted molar refractivity (Wildman–Crippen MR) is 97.7 cm³/mol. The Morgan fingerprint density at radius 1 is 1.30 bits per heavy atom. The Kier molecular flexibility index (Phi) is 5.20. The van der Waals surface area contributed by atoms with Gasteiger partial charge in [-0.3, -0.25) is 0 Å². The van der Waals surface area contributed by atoms with Crippen LogP contribution in [0.25, 0.3) is 17.3 Å². The number of nitriles is 1. The summed E-state index contributed by atoms with van der Waals surface area (Å²) in [5.74, 6) is -1.50. The van der Waals surface area contributed by atoms with E-state index < -0.39 is 11.8 Å². The average Bonchev–Trinajstić information content (AvgIpc) is 3.04. The van der Waals surface area contributed by atoms with Crippen LogP contribution >= 0.6 is 11.6 Å². The Morgan fingerprint density at radius 3 is 2.67 bits per heavy atom. The van der Waals surface area contributed by atoms with Gasteiger partial charge >= 0.3 is 5.97 Å². The van der Waals surface area contributed by atoms with Crippen LogP contribution in [0.5, 0.6) is 0 Å². The number of hydrogen-bond acceptors (Lipinski definition) is 5. The number of carboxylic acids is 1. The zero-order valence-corrected chi connectivity index (χ0v) is 14.4. The molecule has 0 saturated carbocycles. The number of rotatable bonds is 5. The van der Waals surface area contributed by atoms with Gasteiger partial charge in [0.2, 0.25) is 0 Å². The van der Waals surface area contributed by atoms with Crippen molar-refractivity contribution in [2.75, 3.05) is 5.32 Å².